The van der Waals surface area contributed by atoms with Gasteiger partial charge in [-0.3, -0.25) is 0 Å². The molecule has 0 amide bonds. The zero-order valence-corrected chi connectivity index (χ0v) is 12.4. The van der Waals surface area contributed by atoms with Gasteiger partial charge < -0.3 is 10.2 Å². The molecule has 1 aromatic carbocycles. The minimum atomic E-state index is -3.41. The molecule has 1 aromatic rings. The molecule has 106 valence electrons. The highest BCUT2D eigenvalue weighted by molar-refractivity contribution is 7.89. The summed E-state index contributed by atoms with van der Waals surface area (Å²) in [5.74, 6) is 0. The fourth-order valence-electron chi connectivity index (χ4n) is 1.94. The summed E-state index contributed by atoms with van der Waals surface area (Å²) in [5.41, 5.74) is 2.11. The summed E-state index contributed by atoms with van der Waals surface area (Å²) >= 11 is 0. The molecular weight excluding hydrogens is 262 g/mol. The highest BCUT2D eigenvalue weighted by Crippen LogP contribution is 2.24. The van der Waals surface area contributed by atoms with Crippen molar-refractivity contribution in [2.75, 3.05) is 32.5 Å². The Labute approximate surface area is 115 Å². The number of rotatable bonds is 5. The van der Waals surface area contributed by atoms with Crippen LogP contribution in [-0.4, -0.2) is 46.5 Å². The molecule has 0 fully saturated rings. The maximum absolute atomic E-state index is 12.2. The van der Waals surface area contributed by atoms with E-state index >= 15 is 0 Å². The zero-order valence-electron chi connectivity index (χ0n) is 11.6. The summed E-state index contributed by atoms with van der Waals surface area (Å²) in [4.78, 5) is 2.33. The third kappa shape index (κ3) is 3.26. The Bertz CT molecular complexity index is 555. The third-order valence-electron chi connectivity index (χ3n) is 3.55. The zero-order chi connectivity index (χ0) is 14.0. The van der Waals surface area contributed by atoms with Crippen LogP contribution in [0.25, 0.3) is 0 Å². The monoisotopic (exact) mass is 283 g/mol. The summed E-state index contributed by atoms with van der Waals surface area (Å²) in [6.07, 6.45) is 0.882. The number of anilines is 1. The molecule has 0 radical (unpaired) electrons. The van der Waals surface area contributed by atoms with Crippen molar-refractivity contribution in [3.05, 3.63) is 23.8 Å². The first-order valence-corrected chi connectivity index (χ1v) is 7.91. The van der Waals surface area contributed by atoms with Gasteiger partial charge in [-0.1, -0.05) is 0 Å². The Morgan fingerprint density at radius 1 is 1.42 bits per heavy atom. The van der Waals surface area contributed by atoms with Crippen LogP contribution in [0.2, 0.25) is 0 Å². The highest BCUT2D eigenvalue weighted by Gasteiger charge is 2.19. The van der Waals surface area contributed by atoms with Crippen LogP contribution in [-0.2, 0) is 16.4 Å². The lowest BCUT2D eigenvalue weighted by molar-refractivity contribution is 0.314. The van der Waals surface area contributed by atoms with Crippen LogP contribution in [0.5, 0.6) is 0 Å². The molecule has 1 unspecified atom stereocenters. The fourth-order valence-corrected chi connectivity index (χ4v) is 3.12. The van der Waals surface area contributed by atoms with Crippen LogP contribution >= 0.6 is 0 Å². The van der Waals surface area contributed by atoms with E-state index in [2.05, 4.69) is 10.0 Å². The van der Waals surface area contributed by atoms with Gasteiger partial charge in [-0.2, -0.15) is 0 Å². The van der Waals surface area contributed by atoms with Gasteiger partial charge in [0.25, 0.3) is 0 Å². The normalized spacial score (nSPS) is 16.2. The maximum atomic E-state index is 12.2. The number of sulfonamides is 1. The Kier molecular flexibility index (Phi) is 4.13. The molecule has 1 aliphatic heterocycles. The van der Waals surface area contributed by atoms with Crippen molar-refractivity contribution in [3.63, 3.8) is 0 Å². The first-order chi connectivity index (χ1) is 8.90. The lowest BCUT2D eigenvalue weighted by Crippen LogP contribution is -2.38. The number of nitrogens with zero attached hydrogens (tertiary/aromatic N) is 1. The summed E-state index contributed by atoms with van der Waals surface area (Å²) < 4.78 is 27.1. The van der Waals surface area contributed by atoms with Crippen molar-refractivity contribution in [3.8, 4) is 0 Å². The molecule has 2 rings (SSSR count). The third-order valence-corrected chi connectivity index (χ3v) is 4.97. The molecule has 0 spiro atoms. The molecule has 19 heavy (non-hydrogen) atoms. The minimum absolute atomic E-state index is 0.158. The van der Waals surface area contributed by atoms with Gasteiger partial charge in [0.2, 0.25) is 10.0 Å². The standard InChI is InChI=1S/C13H21N3O2S/c1-10(16(2)3)9-15-19(17,18)12-4-5-13-11(8-12)6-7-14-13/h4-5,8,10,14-15H,6-7,9H2,1-3H3. The van der Waals surface area contributed by atoms with Crippen molar-refractivity contribution in [2.45, 2.75) is 24.3 Å². The summed E-state index contributed by atoms with van der Waals surface area (Å²) in [6.45, 7) is 3.27. The number of hydrogen-bond donors (Lipinski definition) is 2. The predicted molar refractivity (Wildman–Crippen MR) is 77.0 cm³/mol. The van der Waals surface area contributed by atoms with Gasteiger partial charge in [-0.15, -0.1) is 0 Å². The lowest BCUT2D eigenvalue weighted by Gasteiger charge is -2.20. The van der Waals surface area contributed by atoms with Crippen molar-refractivity contribution < 1.29 is 8.42 Å². The van der Waals surface area contributed by atoms with Crippen LogP contribution in [0.15, 0.2) is 23.1 Å². The minimum Gasteiger partial charge on any atom is -0.384 e. The number of fused-ring (bicyclic) bond motifs is 1. The molecule has 6 heteroatoms. The van der Waals surface area contributed by atoms with Crippen LogP contribution in [0.4, 0.5) is 5.69 Å². The number of benzene rings is 1. The maximum Gasteiger partial charge on any atom is 0.240 e. The number of nitrogens with one attached hydrogen (secondary N) is 2. The summed E-state index contributed by atoms with van der Waals surface area (Å²) in [6, 6.07) is 5.41. The van der Waals surface area contributed by atoms with Crippen molar-refractivity contribution in [1.82, 2.24) is 9.62 Å². The van der Waals surface area contributed by atoms with E-state index in [4.69, 9.17) is 0 Å². The number of hydrogen-bond acceptors (Lipinski definition) is 4. The van der Waals surface area contributed by atoms with E-state index < -0.39 is 10.0 Å². The Balaban J connectivity index is 2.11. The molecule has 0 aliphatic carbocycles. The van der Waals surface area contributed by atoms with Crippen LogP contribution in [0.3, 0.4) is 0 Å². The van der Waals surface area contributed by atoms with Gasteiger partial charge >= 0.3 is 0 Å². The smallest absolute Gasteiger partial charge is 0.240 e. The second-order valence-corrected chi connectivity index (χ2v) is 6.93. The largest absolute Gasteiger partial charge is 0.384 e. The van der Waals surface area contributed by atoms with E-state index in [9.17, 15) is 8.42 Å². The second kappa shape index (κ2) is 5.48. The molecule has 1 atom stereocenters. The average molecular weight is 283 g/mol. The molecule has 0 saturated carbocycles. The van der Waals surface area contributed by atoms with Gasteiger partial charge in [-0.05, 0) is 51.2 Å². The van der Waals surface area contributed by atoms with Crippen molar-refractivity contribution in [2.24, 2.45) is 0 Å². The van der Waals surface area contributed by atoms with Gasteiger partial charge in [0.1, 0.15) is 0 Å². The second-order valence-electron chi connectivity index (χ2n) is 5.16. The molecule has 1 heterocycles. The van der Waals surface area contributed by atoms with E-state index in [1.807, 2.05) is 32.0 Å². The van der Waals surface area contributed by atoms with E-state index in [1.165, 1.54) is 0 Å². The van der Waals surface area contributed by atoms with E-state index in [0.29, 0.717) is 11.4 Å². The fraction of sp³-hybridized carbons (Fsp3) is 0.538. The molecule has 0 bridgehead atoms. The van der Waals surface area contributed by atoms with Crippen LogP contribution < -0.4 is 10.0 Å². The van der Waals surface area contributed by atoms with E-state index in [0.717, 1.165) is 24.2 Å². The molecule has 1 aliphatic rings. The molecule has 0 aromatic heterocycles. The van der Waals surface area contributed by atoms with Gasteiger partial charge in [0, 0.05) is 24.8 Å². The Morgan fingerprint density at radius 3 is 2.84 bits per heavy atom. The predicted octanol–water partition coefficient (Wildman–Crippen LogP) is 0.883. The van der Waals surface area contributed by atoms with Gasteiger partial charge in [-0.25, -0.2) is 13.1 Å². The molecule has 5 nitrogen and oxygen atoms in total. The summed E-state index contributed by atoms with van der Waals surface area (Å²) in [5, 5.41) is 3.22. The molecule has 2 N–H and O–H groups in total. The topological polar surface area (TPSA) is 61.4 Å². The quantitative estimate of drug-likeness (QED) is 0.842. The Morgan fingerprint density at radius 2 is 2.16 bits per heavy atom. The van der Waals surface area contributed by atoms with Crippen molar-refractivity contribution in [1.29, 1.82) is 0 Å². The van der Waals surface area contributed by atoms with E-state index in [1.54, 1.807) is 12.1 Å². The summed E-state index contributed by atoms with van der Waals surface area (Å²) in [7, 11) is 0.446. The SMILES string of the molecule is CC(CNS(=O)(=O)c1ccc2c(c1)CCN2)N(C)C. The molecule has 0 saturated heterocycles. The Hall–Kier alpha value is -1.11. The first kappa shape index (κ1) is 14.3. The van der Waals surface area contributed by atoms with Gasteiger partial charge in [0.05, 0.1) is 4.90 Å². The van der Waals surface area contributed by atoms with Gasteiger partial charge in [0.15, 0.2) is 0 Å². The highest BCUT2D eigenvalue weighted by atomic mass is 32.2. The van der Waals surface area contributed by atoms with Crippen LogP contribution in [0.1, 0.15) is 12.5 Å². The average Bonchev–Trinajstić information content (AvgIpc) is 2.82. The molecular formula is C13H21N3O2S. The van der Waals surface area contributed by atoms with Crippen molar-refractivity contribution >= 4 is 15.7 Å². The number of likely N-dealkylation sites (N-methyl/N-ethyl adjacent to an activating group) is 1. The van der Waals surface area contributed by atoms with Crippen LogP contribution in [0, 0.1) is 0 Å². The lowest BCUT2D eigenvalue weighted by atomic mass is 10.2. The first-order valence-electron chi connectivity index (χ1n) is 6.43. The van der Waals surface area contributed by atoms with E-state index in [-0.39, 0.29) is 6.04 Å².